The predicted molar refractivity (Wildman–Crippen MR) is 80.8 cm³/mol. The molecule has 0 saturated carbocycles. The fraction of sp³-hybridized carbons (Fsp3) is 0.462. The van der Waals surface area contributed by atoms with Gasteiger partial charge in [0.15, 0.2) is 0 Å². The number of hydrogen-bond acceptors (Lipinski definition) is 3. The highest BCUT2D eigenvalue weighted by Crippen LogP contribution is 2.24. The van der Waals surface area contributed by atoms with Crippen molar-refractivity contribution in [3.63, 3.8) is 0 Å². The number of halogens is 1. The lowest BCUT2D eigenvalue weighted by atomic mass is 10.0. The summed E-state index contributed by atoms with van der Waals surface area (Å²) in [4.78, 5) is 0.233. The van der Waals surface area contributed by atoms with Crippen LogP contribution >= 0.6 is 24.0 Å². The van der Waals surface area contributed by atoms with Crippen LogP contribution in [0.2, 0.25) is 0 Å². The van der Waals surface area contributed by atoms with Crippen molar-refractivity contribution in [1.82, 2.24) is 0 Å². The lowest BCUT2D eigenvalue weighted by Gasteiger charge is -2.22. The maximum atomic E-state index is 13.2. The first-order chi connectivity index (χ1) is 8.66. The number of hydrogen-bond donors (Lipinski definition) is 2. The highest BCUT2D eigenvalue weighted by Gasteiger charge is 2.14. The topological polar surface area (TPSA) is 38.0 Å². The fourth-order valence-corrected chi connectivity index (χ4v) is 3.45. The molecule has 0 unspecified atom stereocenters. The summed E-state index contributed by atoms with van der Waals surface area (Å²) in [7, 11) is 0. The van der Waals surface area contributed by atoms with E-state index >= 15 is 0 Å². The van der Waals surface area contributed by atoms with E-state index in [0.29, 0.717) is 11.5 Å². The molecule has 0 spiro atoms. The van der Waals surface area contributed by atoms with E-state index in [-0.39, 0.29) is 10.8 Å². The number of rotatable bonds is 4. The minimum Gasteiger partial charge on any atom is -0.389 e. The van der Waals surface area contributed by atoms with Crippen LogP contribution in [-0.2, 0) is 0 Å². The molecular weight excluding hydrogens is 267 g/mol. The summed E-state index contributed by atoms with van der Waals surface area (Å²) in [5.74, 6) is 2.85. The van der Waals surface area contributed by atoms with Crippen LogP contribution in [0.5, 0.6) is 0 Å². The zero-order valence-electron chi connectivity index (χ0n) is 10.1. The first kappa shape index (κ1) is 13.6. The number of nitrogens with two attached hydrogens (primary N) is 1. The summed E-state index contributed by atoms with van der Waals surface area (Å²) in [5.41, 5.74) is 7.04. The maximum Gasteiger partial charge on any atom is 0.124 e. The molecule has 1 aliphatic heterocycles. The van der Waals surface area contributed by atoms with Gasteiger partial charge in [0.1, 0.15) is 10.8 Å². The van der Waals surface area contributed by atoms with Crippen LogP contribution in [0.3, 0.4) is 0 Å². The summed E-state index contributed by atoms with van der Waals surface area (Å²) in [6.45, 7) is 0.905. The van der Waals surface area contributed by atoms with Gasteiger partial charge in [0, 0.05) is 17.8 Å². The fourth-order valence-electron chi connectivity index (χ4n) is 2.08. The molecule has 1 aromatic carbocycles. The first-order valence-electron chi connectivity index (χ1n) is 6.08. The number of thioether (sulfide) groups is 1. The van der Waals surface area contributed by atoms with E-state index in [1.165, 1.54) is 36.5 Å². The Morgan fingerprint density at radius 2 is 2.17 bits per heavy atom. The van der Waals surface area contributed by atoms with Gasteiger partial charge in [-0.05, 0) is 48.5 Å². The van der Waals surface area contributed by atoms with Crippen LogP contribution in [0.4, 0.5) is 10.1 Å². The van der Waals surface area contributed by atoms with Gasteiger partial charge in [-0.1, -0.05) is 12.2 Å². The van der Waals surface area contributed by atoms with E-state index in [1.807, 2.05) is 11.8 Å². The average molecular weight is 284 g/mol. The molecule has 0 aromatic heterocycles. The van der Waals surface area contributed by atoms with E-state index in [4.69, 9.17) is 18.0 Å². The Morgan fingerprint density at radius 3 is 2.83 bits per heavy atom. The Labute approximate surface area is 117 Å². The zero-order valence-corrected chi connectivity index (χ0v) is 11.7. The molecular formula is C13H17FN2S2. The maximum absolute atomic E-state index is 13.2. The van der Waals surface area contributed by atoms with E-state index in [1.54, 1.807) is 6.07 Å². The minimum atomic E-state index is -0.308. The van der Waals surface area contributed by atoms with Crippen LogP contribution in [0.25, 0.3) is 0 Å². The molecule has 18 heavy (non-hydrogen) atoms. The van der Waals surface area contributed by atoms with Gasteiger partial charge in [0.2, 0.25) is 0 Å². The van der Waals surface area contributed by atoms with Crippen molar-refractivity contribution in [1.29, 1.82) is 0 Å². The largest absolute Gasteiger partial charge is 0.389 e. The molecule has 0 atom stereocenters. The lowest BCUT2D eigenvalue weighted by Crippen LogP contribution is -2.21. The van der Waals surface area contributed by atoms with E-state index in [0.717, 1.165) is 12.2 Å². The van der Waals surface area contributed by atoms with Crippen LogP contribution in [0, 0.1) is 11.7 Å². The predicted octanol–water partition coefficient (Wildman–Crippen LogP) is 3.02. The van der Waals surface area contributed by atoms with Crippen molar-refractivity contribution in [3.05, 3.63) is 29.6 Å². The Morgan fingerprint density at radius 1 is 1.44 bits per heavy atom. The molecule has 0 aliphatic carbocycles. The molecule has 1 fully saturated rings. The Kier molecular flexibility index (Phi) is 4.83. The van der Waals surface area contributed by atoms with Crippen molar-refractivity contribution in [3.8, 4) is 0 Å². The van der Waals surface area contributed by atoms with Gasteiger partial charge >= 0.3 is 0 Å². The third-order valence-electron chi connectivity index (χ3n) is 3.17. The normalized spacial score (nSPS) is 16.5. The van der Waals surface area contributed by atoms with E-state index in [9.17, 15) is 4.39 Å². The number of thiocarbonyl (C=S) groups is 1. The number of nitrogens with one attached hydrogen (secondary N) is 1. The molecule has 1 saturated heterocycles. The van der Waals surface area contributed by atoms with Crippen molar-refractivity contribution < 1.29 is 4.39 Å². The molecule has 0 amide bonds. The van der Waals surface area contributed by atoms with Gasteiger partial charge in [0.05, 0.1) is 0 Å². The number of benzene rings is 1. The van der Waals surface area contributed by atoms with E-state index in [2.05, 4.69) is 5.32 Å². The third-order valence-corrected chi connectivity index (χ3v) is 4.44. The summed E-state index contributed by atoms with van der Waals surface area (Å²) < 4.78 is 13.2. The van der Waals surface area contributed by atoms with Gasteiger partial charge in [-0.3, -0.25) is 0 Å². The molecule has 0 radical (unpaired) electrons. The summed E-state index contributed by atoms with van der Waals surface area (Å²) in [5, 5.41) is 3.35. The lowest BCUT2D eigenvalue weighted by molar-refractivity contribution is 0.516. The van der Waals surface area contributed by atoms with Gasteiger partial charge < -0.3 is 11.1 Å². The second-order valence-corrected chi connectivity index (χ2v) is 6.16. The monoisotopic (exact) mass is 284 g/mol. The third kappa shape index (κ3) is 3.59. The van der Waals surface area contributed by atoms with Gasteiger partial charge in [-0.15, -0.1) is 0 Å². The standard InChI is InChI=1S/C13H17FN2S2/c14-10-1-2-12(11(7-10)13(15)17)16-8-9-3-5-18-6-4-9/h1-2,7,9,16H,3-6,8H2,(H2,15,17). The quantitative estimate of drug-likeness (QED) is 0.834. The van der Waals surface area contributed by atoms with Crippen LogP contribution < -0.4 is 11.1 Å². The second kappa shape index (κ2) is 6.38. The van der Waals surface area contributed by atoms with Crippen molar-refractivity contribution in [2.45, 2.75) is 12.8 Å². The van der Waals surface area contributed by atoms with Gasteiger partial charge in [-0.2, -0.15) is 11.8 Å². The van der Waals surface area contributed by atoms with Crippen molar-refractivity contribution in [2.75, 3.05) is 23.4 Å². The first-order valence-corrected chi connectivity index (χ1v) is 7.64. The van der Waals surface area contributed by atoms with Crippen molar-refractivity contribution >= 4 is 34.7 Å². The highest BCUT2D eigenvalue weighted by atomic mass is 32.2. The molecule has 2 nitrogen and oxygen atoms in total. The molecule has 2 rings (SSSR count). The smallest absolute Gasteiger partial charge is 0.124 e. The summed E-state index contributed by atoms with van der Waals surface area (Å²) in [6, 6.07) is 4.53. The van der Waals surface area contributed by atoms with Gasteiger partial charge in [-0.25, -0.2) is 4.39 Å². The molecule has 1 aliphatic rings. The Hall–Kier alpha value is -0.810. The van der Waals surface area contributed by atoms with Crippen LogP contribution in [-0.4, -0.2) is 23.0 Å². The van der Waals surface area contributed by atoms with E-state index < -0.39 is 0 Å². The summed E-state index contributed by atoms with van der Waals surface area (Å²) in [6.07, 6.45) is 2.47. The molecule has 3 N–H and O–H groups in total. The molecule has 0 bridgehead atoms. The van der Waals surface area contributed by atoms with Crippen LogP contribution in [0.15, 0.2) is 18.2 Å². The molecule has 5 heteroatoms. The van der Waals surface area contributed by atoms with Crippen LogP contribution in [0.1, 0.15) is 18.4 Å². The van der Waals surface area contributed by atoms with Gasteiger partial charge in [0.25, 0.3) is 0 Å². The minimum absolute atomic E-state index is 0.233. The molecule has 1 aromatic rings. The SMILES string of the molecule is NC(=S)c1cc(F)ccc1NCC1CCSCC1. The number of anilines is 1. The molecule has 1 heterocycles. The Balaban J connectivity index is 2.01. The Bertz CT molecular complexity index is 431. The van der Waals surface area contributed by atoms with Crippen molar-refractivity contribution in [2.24, 2.45) is 11.7 Å². The molecule has 98 valence electrons. The second-order valence-electron chi connectivity index (χ2n) is 4.49. The average Bonchev–Trinajstić information content (AvgIpc) is 2.38. The highest BCUT2D eigenvalue weighted by molar-refractivity contribution is 7.99. The zero-order chi connectivity index (χ0) is 13.0. The summed E-state index contributed by atoms with van der Waals surface area (Å²) >= 11 is 6.96.